The number of hydrogen-bond acceptors (Lipinski definition) is 14. The molecular formula is C30H46F2N10O5. The zero-order valence-corrected chi connectivity index (χ0v) is 27.6. The number of aromatic nitrogens is 5. The Kier molecular flexibility index (Phi) is 12.9. The van der Waals surface area contributed by atoms with Gasteiger partial charge in [0.25, 0.3) is 6.43 Å². The van der Waals surface area contributed by atoms with Crippen LogP contribution in [0.4, 0.5) is 31.4 Å². The summed E-state index contributed by atoms with van der Waals surface area (Å²) in [5.74, 6) is 1.23. The Balaban J connectivity index is 0.000000240. The van der Waals surface area contributed by atoms with Crippen LogP contribution < -0.4 is 15.5 Å². The van der Waals surface area contributed by atoms with Crippen molar-refractivity contribution in [2.24, 2.45) is 5.92 Å². The molecule has 47 heavy (non-hydrogen) atoms. The molecule has 5 heterocycles. The lowest BCUT2D eigenvalue weighted by molar-refractivity contribution is -0.112. The van der Waals surface area contributed by atoms with Crippen LogP contribution in [0.15, 0.2) is 6.20 Å². The minimum absolute atomic E-state index is 0.0569. The Morgan fingerprint density at radius 1 is 1.00 bits per heavy atom. The van der Waals surface area contributed by atoms with Crippen LogP contribution in [0, 0.1) is 5.92 Å². The molecule has 2 aromatic heterocycles. The Morgan fingerprint density at radius 3 is 2.19 bits per heavy atom. The molecule has 0 saturated carbocycles. The van der Waals surface area contributed by atoms with E-state index >= 15 is 0 Å². The predicted octanol–water partition coefficient (Wildman–Crippen LogP) is 2.29. The summed E-state index contributed by atoms with van der Waals surface area (Å²) in [6, 6.07) is 0. The number of piperidine rings is 1. The second-order valence-electron chi connectivity index (χ2n) is 12.6. The van der Waals surface area contributed by atoms with Crippen LogP contribution in [0.25, 0.3) is 11.4 Å². The van der Waals surface area contributed by atoms with Crippen molar-refractivity contribution < 1.29 is 32.6 Å². The largest absolute Gasteiger partial charge is 0.444 e. The molecule has 1 amide bonds. The number of hydrogen-bond donors (Lipinski definition) is 1. The number of ether oxygens (including phenoxy) is 3. The van der Waals surface area contributed by atoms with Crippen molar-refractivity contribution in [3.63, 3.8) is 0 Å². The number of likely N-dealkylation sites (tertiary alicyclic amines) is 1. The normalized spacial score (nSPS) is 18.1. The highest BCUT2D eigenvalue weighted by atomic mass is 19.3. The number of carbonyl (C=O) groups is 2. The van der Waals surface area contributed by atoms with Gasteiger partial charge in [-0.25, -0.2) is 23.5 Å². The van der Waals surface area contributed by atoms with Crippen molar-refractivity contribution >= 4 is 30.2 Å². The second-order valence-corrected chi connectivity index (χ2v) is 12.6. The Bertz CT molecular complexity index is 1310. The van der Waals surface area contributed by atoms with E-state index in [0.717, 1.165) is 45.3 Å². The standard InChI is InChI=1S/C17H23F2N9O.C13H23NO4/c1-26-2-4-27(5-3-26)16-23-14(11-10-21-15(20)22-12(11)13(18)19)24-17(25-16)28-6-8-29-9-7-28;1-13(2,3)18-12(16)14-6-4-11(5-7-14)10-17-9-8-15/h10,13H,2-9H2,1H3,(H2,20,21,22);8,11H,4-7,9-10H2,1-3H3. The quantitative estimate of drug-likeness (QED) is 0.323. The number of likely N-dealkylation sites (N-methyl/N-ethyl adjacent to an activating group) is 1. The molecule has 0 atom stereocenters. The first kappa shape index (κ1) is 36.0. The number of morpholine rings is 1. The van der Waals surface area contributed by atoms with E-state index in [4.69, 9.17) is 19.9 Å². The first-order valence-corrected chi connectivity index (χ1v) is 15.9. The van der Waals surface area contributed by atoms with Gasteiger partial charge in [0.2, 0.25) is 17.8 Å². The first-order chi connectivity index (χ1) is 22.4. The molecular weight excluding hydrogens is 618 g/mol. The molecule has 260 valence electrons. The lowest BCUT2D eigenvalue weighted by Crippen LogP contribution is -2.45. The number of aldehydes is 1. The van der Waals surface area contributed by atoms with Crippen molar-refractivity contribution in [3.05, 3.63) is 11.9 Å². The zero-order valence-electron chi connectivity index (χ0n) is 27.6. The number of alkyl halides is 2. The summed E-state index contributed by atoms with van der Waals surface area (Å²) < 4.78 is 43.1. The number of anilines is 3. The Hall–Kier alpha value is -3.83. The number of halogens is 2. The Morgan fingerprint density at radius 2 is 1.62 bits per heavy atom. The smallest absolute Gasteiger partial charge is 0.410 e. The number of piperazine rings is 1. The molecule has 5 rings (SSSR count). The molecule has 0 unspecified atom stereocenters. The van der Waals surface area contributed by atoms with Gasteiger partial charge in [-0.05, 0) is 46.6 Å². The van der Waals surface area contributed by atoms with Crippen molar-refractivity contribution in [1.29, 1.82) is 0 Å². The second kappa shape index (κ2) is 16.8. The van der Waals surface area contributed by atoms with E-state index in [-0.39, 0.29) is 30.0 Å². The highest BCUT2D eigenvalue weighted by Crippen LogP contribution is 2.30. The fourth-order valence-corrected chi connectivity index (χ4v) is 5.17. The number of nitrogens with two attached hydrogens (primary N) is 1. The van der Waals surface area contributed by atoms with E-state index in [9.17, 15) is 18.4 Å². The molecule has 3 aliphatic heterocycles. The summed E-state index contributed by atoms with van der Waals surface area (Å²) in [5, 5.41) is 0. The highest BCUT2D eigenvalue weighted by Gasteiger charge is 2.28. The number of rotatable bonds is 8. The van der Waals surface area contributed by atoms with Gasteiger partial charge in [0, 0.05) is 58.6 Å². The topological polar surface area (TPSA) is 165 Å². The minimum Gasteiger partial charge on any atom is -0.444 e. The molecule has 3 aliphatic rings. The number of carbonyl (C=O) groups excluding carboxylic acids is 2. The molecule has 0 bridgehead atoms. The summed E-state index contributed by atoms with van der Waals surface area (Å²) in [6.07, 6.45) is 0.739. The third-order valence-electron chi connectivity index (χ3n) is 7.78. The van der Waals surface area contributed by atoms with Gasteiger partial charge in [0.1, 0.15) is 24.2 Å². The highest BCUT2D eigenvalue weighted by molar-refractivity contribution is 5.68. The summed E-state index contributed by atoms with van der Waals surface area (Å²) in [5.41, 5.74) is 4.63. The average molecular weight is 665 g/mol. The van der Waals surface area contributed by atoms with Crippen LogP contribution in [-0.4, -0.2) is 139 Å². The SMILES string of the molecule is CC(C)(C)OC(=O)N1CCC(COCC=O)CC1.CN1CCN(c2nc(-c3cnc(N)nc3C(F)F)nc(N3CCOCC3)n2)CC1. The lowest BCUT2D eigenvalue weighted by Gasteiger charge is -2.33. The van der Waals surface area contributed by atoms with Crippen LogP contribution in [0.1, 0.15) is 45.7 Å². The monoisotopic (exact) mass is 664 g/mol. The summed E-state index contributed by atoms with van der Waals surface area (Å²) in [6.45, 7) is 13.3. The van der Waals surface area contributed by atoms with Crippen molar-refractivity contribution in [3.8, 4) is 11.4 Å². The minimum atomic E-state index is -2.83. The molecule has 2 N–H and O–H groups in total. The van der Waals surface area contributed by atoms with Gasteiger partial charge >= 0.3 is 6.09 Å². The molecule has 0 aliphatic carbocycles. The molecule has 17 heteroatoms. The maximum Gasteiger partial charge on any atom is 0.410 e. The van der Waals surface area contributed by atoms with Gasteiger partial charge in [-0.3, -0.25) is 0 Å². The molecule has 0 spiro atoms. The third kappa shape index (κ3) is 10.9. The molecule has 0 radical (unpaired) electrons. The predicted molar refractivity (Wildman–Crippen MR) is 170 cm³/mol. The fourth-order valence-electron chi connectivity index (χ4n) is 5.17. The van der Waals surface area contributed by atoms with Crippen LogP contribution in [0.3, 0.4) is 0 Å². The zero-order chi connectivity index (χ0) is 34.0. The van der Waals surface area contributed by atoms with Crippen LogP contribution in [-0.2, 0) is 19.0 Å². The van der Waals surface area contributed by atoms with E-state index in [1.165, 1.54) is 6.20 Å². The van der Waals surface area contributed by atoms with Crippen LogP contribution >= 0.6 is 0 Å². The van der Waals surface area contributed by atoms with E-state index in [2.05, 4.69) is 36.9 Å². The van der Waals surface area contributed by atoms with Gasteiger partial charge in [-0.15, -0.1) is 0 Å². The van der Waals surface area contributed by atoms with Crippen molar-refractivity contribution in [2.75, 3.05) is 101 Å². The van der Waals surface area contributed by atoms with Crippen LogP contribution in [0.5, 0.6) is 0 Å². The number of nitrogens with zero attached hydrogens (tertiary/aromatic N) is 9. The lowest BCUT2D eigenvalue weighted by atomic mass is 9.98. The van der Waals surface area contributed by atoms with Gasteiger partial charge < -0.3 is 44.3 Å². The molecule has 0 aromatic carbocycles. The maximum atomic E-state index is 13.6. The maximum absolute atomic E-state index is 13.6. The number of amides is 1. The van der Waals surface area contributed by atoms with E-state index in [1.54, 1.807) is 4.90 Å². The van der Waals surface area contributed by atoms with Crippen LogP contribution in [0.2, 0.25) is 0 Å². The van der Waals surface area contributed by atoms with Gasteiger partial charge in [-0.2, -0.15) is 15.0 Å². The van der Waals surface area contributed by atoms with Gasteiger partial charge in [0.15, 0.2) is 5.82 Å². The van der Waals surface area contributed by atoms with Crippen molar-refractivity contribution in [2.45, 2.75) is 45.6 Å². The average Bonchev–Trinajstić information content (AvgIpc) is 3.05. The fraction of sp³-hybridized carbons (Fsp3) is 0.700. The third-order valence-corrected chi connectivity index (χ3v) is 7.78. The van der Waals surface area contributed by atoms with Gasteiger partial charge in [-0.1, -0.05) is 0 Å². The van der Waals surface area contributed by atoms with E-state index < -0.39 is 17.7 Å². The summed E-state index contributed by atoms with van der Waals surface area (Å²) in [4.78, 5) is 51.1. The molecule has 3 saturated heterocycles. The molecule has 3 fully saturated rings. The summed E-state index contributed by atoms with van der Waals surface area (Å²) in [7, 11) is 2.05. The van der Waals surface area contributed by atoms with E-state index in [1.807, 2.05) is 30.6 Å². The Labute approximate surface area is 273 Å². The van der Waals surface area contributed by atoms with Crippen molar-refractivity contribution in [1.82, 2.24) is 34.7 Å². The van der Waals surface area contributed by atoms with Gasteiger partial charge in [0.05, 0.1) is 25.4 Å². The summed E-state index contributed by atoms with van der Waals surface area (Å²) >= 11 is 0. The number of nitrogen functional groups attached to an aromatic ring is 1. The van der Waals surface area contributed by atoms with E-state index in [0.29, 0.717) is 63.8 Å². The molecule has 2 aromatic rings. The first-order valence-electron chi connectivity index (χ1n) is 15.9. The molecule has 15 nitrogen and oxygen atoms in total.